The van der Waals surface area contributed by atoms with Gasteiger partial charge in [0.25, 0.3) is 11.1 Å². The number of nitrogens with zero attached hydrogens (tertiary/aromatic N) is 4. The van der Waals surface area contributed by atoms with Crippen LogP contribution in [0.2, 0.25) is 0 Å². The Balaban J connectivity index is 1.18. The molecule has 37 heavy (non-hydrogen) atoms. The fourth-order valence-electron chi connectivity index (χ4n) is 5.20. The van der Waals surface area contributed by atoms with Crippen LogP contribution in [0.5, 0.6) is 0 Å². The highest BCUT2D eigenvalue weighted by Crippen LogP contribution is 2.34. The van der Waals surface area contributed by atoms with Gasteiger partial charge < -0.3 is 19.3 Å². The summed E-state index contributed by atoms with van der Waals surface area (Å²) in [5.74, 6) is -0.353. The average molecular weight is 547 g/mol. The largest absolute Gasteiger partial charge is 0.471 e. The lowest BCUT2D eigenvalue weighted by atomic mass is 10.0. The minimum Gasteiger partial charge on any atom is -0.471 e. The summed E-state index contributed by atoms with van der Waals surface area (Å²) in [6, 6.07) is 5.35. The van der Waals surface area contributed by atoms with E-state index >= 15 is 0 Å². The normalized spacial score (nSPS) is 19.4. The third kappa shape index (κ3) is 6.07. The van der Waals surface area contributed by atoms with E-state index in [1.165, 1.54) is 19.3 Å². The zero-order valence-corrected chi connectivity index (χ0v) is 23.8. The number of esters is 1. The van der Waals surface area contributed by atoms with Crippen molar-refractivity contribution in [2.45, 2.75) is 65.0 Å². The topological polar surface area (TPSA) is 65.6 Å². The number of rotatable bonds is 10. The third-order valence-electron chi connectivity index (χ3n) is 7.50. The van der Waals surface area contributed by atoms with E-state index in [-0.39, 0.29) is 18.5 Å². The van der Waals surface area contributed by atoms with Crippen LogP contribution in [0.4, 0.5) is 5.69 Å². The molecule has 0 bridgehead atoms. The number of unbranched alkanes of at least 4 members (excludes halogenated alkanes) is 4. The molecular weight excluding hydrogens is 508 g/mol. The predicted octanol–water partition coefficient (Wildman–Crippen LogP) is 3.96. The fourth-order valence-corrected chi connectivity index (χ4v) is 6.01. The Morgan fingerprint density at radius 2 is 1.70 bits per heavy atom. The van der Waals surface area contributed by atoms with Crippen LogP contribution in [0.3, 0.4) is 0 Å². The summed E-state index contributed by atoms with van der Waals surface area (Å²) in [5.41, 5.74) is 1.36. The molecule has 1 aromatic carbocycles. The van der Waals surface area contributed by atoms with Crippen molar-refractivity contribution in [3.8, 4) is 0 Å². The second-order valence-electron chi connectivity index (χ2n) is 10.3. The van der Waals surface area contributed by atoms with Crippen molar-refractivity contribution in [1.29, 1.82) is 0 Å². The van der Waals surface area contributed by atoms with Crippen molar-refractivity contribution >= 4 is 52.3 Å². The SMILES string of the molecule is CCOC(=S)N1CCN(CCCCCCCN2C(=S)N(c3ccc4c(c3)COC4=O)C(=O)C2(C)C)CC1. The van der Waals surface area contributed by atoms with E-state index in [0.29, 0.717) is 28.1 Å². The van der Waals surface area contributed by atoms with Gasteiger partial charge in [-0.2, -0.15) is 0 Å². The van der Waals surface area contributed by atoms with Crippen molar-refractivity contribution in [1.82, 2.24) is 14.7 Å². The molecule has 3 aliphatic heterocycles. The molecule has 0 unspecified atom stereocenters. The number of carbonyl (C=O) groups excluding carboxylic acids is 2. The first-order valence-electron chi connectivity index (χ1n) is 13.3. The van der Waals surface area contributed by atoms with Gasteiger partial charge in [-0.3, -0.25) is 14.6 Å². The maximum atomic E-state index is 13.3. The Hall–Kier alpha value is -2.30. The van der Waals surface area contributed by atoms with Gasteiger partial charge in [-0.15, -0.1) is 0 Å². The van der Waals surface area contributed by atoms with Crippen LogP contribution in [0.25, 0.3) is 0 Å². The minimum atomic E-state index is -0.699. The summed E-state index contributed by atoms with van der Waals surface area (Å²) in [6.45, 7) is 12.5. The van der Waals surface area contributed by atoms with Crippen LogP contribution < -0.4 is 4.90 Å². The number of carbonyl (C=O) groups is 2. The van der Waals surface area contributed by atoms with Gasteiger partial charge in [0.05, 0.1) is 17.9 Å². The van der Waals surface area contributed by atoms with Gasteiger partial charge in [0.1, 0.15) is 12.1 Å². The van der Waals surface area contributed by atoms with Crippen LogP contribution in [0.1, 0.15) is 68.8 Å². The molecule has 202 valence electrons. The van der Waals surface area contributed by atoms with Crippen LogP contribution in [0.15, 0.2) is 18.2 Å². The molecule has 2 saturated heterocycles. The van der Waals surface area contributed by atoms with Crippen LogP contribution in [-0.2, 0) is 20.9 Å². The highest BCUT2D eigenvalue weighted by molar-refractivity contribution is 7.80. The van der Waals surface area contributed by atoms with Crippen molar-refractivity contribution in [3.05, 3.63) is 29.3 Å². The molecule has 0 N–H and O–H groups in total. The number of thiocarbonyl (C=S) groups is 2. The Bertz CT molecular complexity index is 1040. The Morgan fingerprint density at radius 1 is 1.03 bits per heavy atom. The molecule has 2 fully saturated rings. The van der Waals surface area contributed by atoms with E-state index in [0.717, 1.165) is 57.7 Å². The maximum absolute atomic E-state index is 13.3. The highest BCUT2D eigenvalue weighted by Gasteiger charge is 2.49. The first kappa shape index (κ1) is 27.7. The molecule has 0 saturated carbocycles. The molecule has 8 nitrogen and oxygen atoms in total. The number of benzene rings is 1. The monoisotopic (exact) mass is 546 g/mol. The van der Waals surface area contributed by atoms with Gasteiger partial charge in [-0.25, -0.2) is 4.79 Å². The molecule has 3 aliphatic rings. The summed E-state index contributed by atoms with van der Waals surface area (Å²) in [5, 5.41) is 1.16. The zero-order chi connectivity index (χ0) is 26.6. The summed E-state index contributed by atoms with van der Waals surface area (Å²) < 4.78 is 10.6. The zero-order valence-electron chi connectivity index (χ0n) is 22.2. The van der Waals surface area contributed by atoms with Crippen molar-refractivity contribution < 1.29 is 19.1 Å². The number of fused-ring (bicyclic) bond motifs is 1. The molecular formula is C27H38N4O4S2. The standard InChI is InChI=1S/C27H38N4O4S2/c1-4-34-26(37)29-16-14-28(15-17-29)12-8-6-5-7-9-13-30-25(36)31(24(33)27(30,2)3)21-10-11-22-20(18-21)19-35-23(22)32/h10-11,18H,4-9,12-17,19H2,1-3H3. The fraction of sp³-hybridized carbons (Fsp3) is 0.630. The van der Waals surface area contributed by atoms with Gasteiger partial charge in [0.2, 0.25) is 0 Å². The number of cyclic esters (lactones) is 1. The molecule has 0 atom stereocenters. The van der Waals surface area contributed by atoms with E-state index in [2.05, 4.69) is 9.80 Å². The number of hydrogen-bond acceptors (Lipinski definition) is 7. The van der Waals surface area contributed by atoms with Crippen LogP contribution >= 0.6 is 24.4 Å². The minimum absolute atomic E-state index is 0.0372. The molecule has 0 radical (unpaired) electrons. The second-order valence-corrected chi connectivity index (χ2v) is 11.1. The van der Waals surface area contributed by atoms with Gasteiger partial charge in [0.15, 0.2) is 5.11 Å². The quantitative estimate of drug-likeness (QED) is 0.246. The molecule has 1 aromatic rings. The summed E-state index contributed by atoms with van der Waals surface area (Å²) >= 11 is 11.1. The van der Waals surface area contributed by atoms with E-state index in [4.69, 9.17) is 33.9 Å². The predicted molar refractivity (Wildman–Crippen MR) is 152 cm³/mol. The number of anilines is 1. The Morgan fingerprint density at radius 3 is 2.41 bits per heavy atom. The summed E-state index contributed by atoms with van der Waals surface area (Å²) in [6.07, 6.45) is 5.67. The average Bonchev–Trinajstić information content (AvgIpc) is 3.33. The van der Waals surface area contributed by atoms with Gasteiger partial charge in [-0.05, 0) is 82.8 Å². The van der Waals surface area contributed by atoms with Gasteiger partial charge >= 0.3 is 5.97 Å². The van der Waals surface area contributed by atoms with Crippen molar-refractivity contribution in [3.63, 3.8) is 0 Å². The molecule has 10 heteroatoms. The smallest absolute Gasteiger partial charge is 0.338 e. The molecule has 0 aliphatic carbocycles. The number of hydrogen-bond donors (Lipinski definition) is 0. The Labute approximate surface area is 230 Å². The highest BCUT2D eigenvalue weighted by atomic mass is 32.1. The first-order chi connectivity index (χ1) is 17.7. The lowest BCUT2D eigenvalue weighted by Crippen LogP contribution is -2.48. The lowest BCUT2D eigenvalue weighted by Gasteiger charge is -2.35. The Kier molecular flexibility index (Phi) is 9.03. The van der Waals surface area contributed by atoms with Crippen molar-refractivity contribution in [2.24, 2.45) is 0 Å². The molecule has 1 amide bonds. The summed E-state index contributed by atoms with van der Waals surface area (Å²) in [4.78, 5) is 33.4. The third-order valence-corrected chi connectivity index (χ3v) is 8.28. The van der Waals surface area contributed by atoms with Crippen LogP contribution in [0, 0.1) is 0 Å². The lowest BCUT2D eigenvalue weighted by molar-refractivity contribution is -0.123. The maximum Gasteiger partial charge on any atom is 0.338 e. The van der Waals surface area contributed by atoms with E-state index in [1.807, 2.05) is 31.7 Å². The van der Waals surface area contributed by atoms with Gasteiger partial charge in [-0.1, -0.05) is 19.3 Å². The van der Waals surface area contributed by atoms with E-state index < -0.39 is 5.54 Å². The van der Waals surface area contributed by atoms with Crippen LogP contribution in [-0.4, -0.2) is 88.3 Å². The molecule has 4 rings (SSSR count). The second kappa shape index (κ2) is 12.0. The van der Waals surface area contributed by atoms with E-state index in [9.17, 15) is 9.59 Å². The first-order valence-corrected chi connectivity index (χ1v) is 14.2. The summed E-state index contributed by atoms with van der Waals surface area (Å²) in [7, 11) is 0. The number of amides is 1. The molecule has 0 aromatic heterocycles. The number of piperazine rings is 1. The molecule has 3 heterocycles. The number of ether oxygens (including phenoxy) is 2. The van der Waals surface area contributed by atoms with E-state index in [1.54, 1.807) is 17.0 Å². The van der Waals surface area contributed by atoms with Gasteiger partial charge in [0, 0.05) is 38.3 Å². The van der Waals surface area contributed by atoms with Crippen molar-refractivity contribution in [2.75, 3.05) is 50.8 Å². The molecule has 0 spiro atoms.